The Morgan fingerprint density at radius 3 is 2.60 bits per heavy atom. The van der Waals surface area contributed by atoms with Crippen molar-refractivity contribution >= 4 is 34.5 Å². The summed E-state index contributed by atoms with van der Waals surface area (Å²) in [5.74, 6) is 0.688. The van der Waals surface area contributed by atoms with Crippen LogP contribution in [0, 0.1) is 0 Å². The van der Waals surface area contributed by atoms with Crippen LogP contribution in [0.15, 0.2) is 0 Å². The molecule has 0 fully saturated rings. The Balaban J connectivity index is 3.49. The minimum Gasteiger partial charge on any atom is -0.269 e. The summed E-state index contributed by atoms with van der Waals surface area (Å²) in [7, 11) is -3.34. The molecular formula is C4H10O3S3. The number of thiol groups is 1. The van der Waals surface area contributed by atoms with Gasteiger partial charge in [0, 0.05) is 5.75 Å². The molecule has 62 valence electrons. The summed E-state index contributed by atoms with van der Waals surface area (Å²) in [6, 6.07) is 0. The van der Waals surface area contributed by atoms with Crippen LogP contribution in [0.1, 0.15) is 0 Å². The third-order valence-electron chi connectivity index (χ3n) is 0.708. The molecule has 0 aromatic rings. The van der Waals surface area contributed by atoms with E-state index in [9.17, 15) is 8.42 Å². The maximum absolute atomic E-state index is 10.6. The Bertz CT molecular complexity index is 163. The molecule has 6 heteroatoms. The van der Waals surface area contributed by atoms with Crippen LogP contribution in [-0.2, 0) is 14.3 Å². The lowest BCUT2D eigenvalue weighted by Gasteiger charge is -1.99. The maximum Gasteiger partial charge on any atom is 0.276 e. The SMILES string of the molecule is CSCCOS(=O)(=O)CS. The molecule has 0 aliphatic carbocycles. The molecule has 0 saturated heterocycles. The topological polar surface area (TPSA) is 43.4 Å². The molecular weight excluding hydrogens is 192 g/mol. The zero-order valence-electron chi connectivity index (χ0n) is 5.61. The van der Waals surface area contributed by atoms with Crippen molar-refractivity contribution in [1.82, 2.24) is 0 Å². The van der Waals surface area contributed by atoms with Crippen molar-refractivity contribution in [2.24, 2.45) is 0 Å². The highest BCUT2D eigenvalue weighted by Gasteiger charge is 2.05. The van der Waals surface area contributed by atoms with Crippen molar-refractivity contribution in [1.29, 1.82) is 0 Å². The Morgan fingerprint density at radius 2 is 2.20 bits per heavy atom. The van der Waals surface area contributed by atoms with Crippen LogP contribution in [0.2, 0.25) is 0 Å². The van der Waals surface area contributed by atoms with Crippen molar-refractivity contribution in [3.63, 3.8) is 0 Å². The first kappa shape index (κ1) is 10.6. The predicted molar refractivity (Wildman–Crippen MR) is 47.1 cm³/mol. The Hall–Kier alpha value is 0.610. The molecule has 0 aliphatic heterocycles. The van der Waals surface area contributed by atoms with Crippen molar-refractivity contribution in [2.75, 3.05) is 23.7 Å². The first-order valence-corrected chi connectivity index (χ1v) is 6.19. The van der Waals surface area contributed by atoms with E-state index in [-0.39, 0.29) is 11.7 Å². The number of hydrogen-bond donors (Lipinski definition) is 1. The lowest BCUT2D eigenvalue weighted by molar-refractivity contribution is 0.344. The van der Waals surface area contributed by atoms with Gasteiger partial charge in [-0.2, -0.15) is 32.8 Å². The Kier molecular flexibility index (Phi) is 5.61. The monoisotopic (exact) mass is 202 g/mol. The molecule has 0 aliphatic rings. The predicted octanol–water partition coefficient (Wildman–Crippen LogP) is 0.583. The van der Waals surface area contributed by atoms with Crippen molar-refractivity contribution in [3.8, 4) is 0 Å². The number of thioether (sulfide) groups is 1. The second-order valence-electron chi connectivity index (χ2n) is 1.50. The molecule has 0 N–H and O–H groups in total. The molecule has 0 rings (SSSR count). The third kappa shape index (κ3) is 5.40. The fourth-order valence-electron chi connectivity index (χ4n) is 0.282. The number of hydrogen-bond acceptors (Lipinski definition) is 5. The van der Waals surface area contributed by atoms with Crippen LogP contribution < -0.4 is 0 Å². The van der Waals surface area contributed by atoms with E-state index in [1.807, 2.05) is 6.26 Å². The van der Waals surface area contributed by atoms with Crippen LogP contribution in [0.4, 0.5) is 0 Å². The second kappa shape index (κ2) is 5.29. The van der Waals surface area contributed by atoms with Gasteiger partial charge in [-0.25, -0.2) is 0 Å². The molecule has 0 aromatic heterocycles. The van der Waals surface area contributed by atoms with E-state index in [1.165, 1.54) is 11.8 Å². The van der Waals surface area contributed by atoms with Crippen LogP contribution in [0.25, 0.3) is 0 Å². The van der Waals surface area contributed by atoms with Gasteiger partial charge in [0.05, 0.1) is 6.61 Å². The van der Waals surface area contributed by atoms with Gasteiger partial charge in [-0.15, -0.1) is 0 Å². The van der Waals surface area contributed by atoms with E-state index in [4.69, 9.17) is 0 Å². The molecule has 10 heavy (non-hydrogen) atoms. The minimum absolute atomic E-state index is 0.240. The molecule has 0 unspecified atom stereocenters. The summed E-state index contributed by atoms with van der Waals surface area (Å²) in [6.07, 6.45) is 1.89. The van der Waals surface area contributed by atoms with Gasteiger partial charge >= 0.3 is 0 Å². The normalized spacial score (nSPS) is 11.8. The van der Waals surface area contributed by atoms with Crippen LogP contribution in [-0.4, -0.2) is 32.1 Å². The summed E-state index contributed by atoms with van der Waals surface area (Å²) in [4.78, 5) is 0. The van der Waals surface area contributed by atoms with Gasteiger partial charge in [0.25, 0.3) is 10.1 Å². The largest absolute Gasteiger partial charge is 0.276 e. The quantitative estimate of drug-likeness (QED) is 0.402. The average molecular weight is 202 g/mol. The molecule has 0 heterocycles. The van der Waals surface area contributed by atoms with Crippen molar-refractivity contribution in [3.05, 3.63) is 0 Å². The van der Waals surface area contributed by atoms with Crippen molar-refractivity contribution < 1.29 is 12.6 Å². The molecule has 0 radical (unpaired) electrons. The molecule has 0 saturated carbocycles. The second-order valence-corrected chi connectivity index (χ2v) is 4.87. The summed E-state index contributed by atoms with van der Waals surface area (Å²) in [5, 5.41) is -0.249. The van der Waals surface area contributed by atoms with E-state index in [0.29, 0.717) is 5.75 Å². The summed E-state index contributed by atoms with van der Waals surface area (Å²) in [6.45, 7) is 0.240. The van der Waals surface area contributed by atoms with Gasteiger partial charge in [0.2, 0.25) is 0 Å². The van der Waals surface area contributed by atoms with Gasteiger partial charge in [0.15, 0.2) is 0 Å². The first-order chi connectivity index (χ1) is 4.62. The van der Waals surface area contributed by atoms with Gasteiger partial charge < -0.3 is 0 Å². The van der Waals surface area contributed by atoms with E-state index >= 15 is 0 Å². The standard InChI is InChI=1S/C4H10O3S3/c1-9-3-2-7-10(5,6)4-8/h8H,2-4H2,1H3. The van der Waals surface area contributed by atoms with Gasteiger partial charge in [-0.1, -0.05) is 0 Å². The molecule has 0 amide bonds. The zero-order chi connectivity index (χ0) is 8.04. The van der Waals surface area contributed by atoms with Gasteiger partial charge in [-0.3, -0.25) is 4.18 Å². The molecule has 3 nitrogen and oxygen atoms in total. The lowest BCUT2D eigenvalue weighted by Crippen LogP contribution is -2.08. The molecule has 0 aromatic carbocycles. The average Bonchev–Trinajstić information content (AvgIpc) is 1.89. The molecule has 0 atom stereocenters. The minimum atomic E-state index is -3.34. The van der Waals surface area contributed by atoms with Gasteiger partial charge in [0.1, 0.15) is 5.08 Å². The van der Waals surface area contributed by atoms with E-state index in [1.54, 1.807) is 0 Å². The van der Waals surface area contributed by atoms with E-state index in [0.717, 1.165) is 0 Å². The Morgan fingerprint density at radius 1 is 1.60 bits per heavy atom. The van der Waals surface area contributed by atoms with Crippen LogP contribution >= 0.6 is 24.4 Å². The molecule has 0 spiro atoms. The summed E-state index contributed by atoms with van der Waals surface area (Å²) >= 11 is 5.12. The fraction of sp³-hybridized carbons (Fsp3) is 1.00. The summed E-state index contributed by atoms with van der Waals surface area (Å²) < 4.78 is 25.6. The lowest BCUT2D eigenvalue weighted by atomic mass is 10.9. The smallest absolute Gasteiger partial charge is 0.269 e. The third-order valence-corrected chi connectivity index (χ3v) is 3.07. The highest BCUT2D eigenvalue weighted by Crippen LogP contribution is 1.98. The highest BCUT2D eigenvalue weighted by atomic mass is 32.3. The molecule has 0 bridgehead atoms. The maximum atomic E-state index is 10.6. The fourth-order valence-corrected chi connectivity index (χ4v) is 1.27. The Labute approximate surface area is 71.1 Å². The van der Waals surface area contributed by atoms with Crippen LogP contribution in [0.5, 0.6) is 0 Å². The summed E-state index contributed by atoms with van der Waals surface area (Å²) in [5.41, 5.74) is 0. The highest BCUT2D eigenvalue weighted by molar-refractivity contribution is 8.01. The van der Waals surface area contributed by atoms with E-state index < -0.39 is 10.1 Å². The first-order valence-electron chi connectivity index (χ1n) is 2.59. The van der Waals surface area contributed by atoms with E-state index in [2.05, 4.69) is 16.8 Å². The number of rotatable bonds is 5. The van der Waals surface area contributed by atoms with Crippen LogP contribution in [0.3, 0.4) is 0 Å². The van der Waals surface area contributed by atoms with Gasteiger partial charge in [-0.05, 0) is 6.26 Å². The van der Waals surface area contributed by atoms with Crippen molar-refractivity contribution in [2.45, 2.75) is 0 Å². The zero-order valence-corrected chi connectivity index (χ0v) is 8.14.